The maximum Gasteiger partial charge on any atom is 0.211 e. The van der Waals surface area contributed by atoms with Gasteiger partial charge in [-0.25, -0.2) is 13.1 Å². The Labute approximate surface area is 86.3 Å². The Hall–Kier alpha value is -0.130. The maximum atomic E-state index is 11.3. The minimum absolute atomic E-state index is 0.180. The van der Waals surface area contributed by atoms with Crippen LogP contribution < -0.4 is 10.5 Å². The second-order valence-corrected chi connectivity index (χ2v) is 5.95. The van der Waals surface area contributed by atoms with Gasteiger partial charge < -0.3 is 5.73 Å². The quantitative estimate of drug-likeness (QED) is 0.706. The molecule has 1 aliphatic carbocycles. The van der Waals surface area contributed by atoms with Gasteiger partial charge in [-0.2, -0.15) is 0 Å². The molecule has 84 valence electrons. The molecule has 1 rings (SSSR count). The smallest absolute Gasteiger partial charge is 0.211 e. The largest absolute Gasteiger partial charge is 0.327 e. The molecule has 0 aromatic heterocycles. The van der Waals surface area contributed by atoms with Crippen molar-refractivity contribution in [2.24, 2.45) is 11.7 Å². The molecule has 1 saturated carbocycles. The van der Waals surface area contributed by atoms with E-state index in [2.05, 4.69) is 4.72 Å². The van der Waals surface area contributed by atoms with E-state index in [0.29, 0.717) is 18.9 Å². The summed E-state index contributed by atoms with van der Waals surface area (Å²) in [4.78, 5) is 0. The van der Waals surface area contributed by atoms with Crippen molar-refractivity contribution < 1.29 is 8.42 Å². The molecule has 0 saturated heterocycles. The van der Waals surface area contributed by atoms with Gasteiger partial charge in [-0.1, -0.05) is 13.3 Å². The van der Waals surface area contributed by atoms with Gasteiger partial charge in [0.2, 0.25) is 10.0 Å². The van der Waals surface area contributed by atoms with Gasteiger partial charge in [0.25, 0.3) is 0 Å². The van der Waals surface area contributed by atoms with Crippen LogP contribution in [0.3, 0.4) is 0 Å². The van der Waals surface area contributed by atoms with Gasteiger partial charge in [-0.05, 0) is 25.2 Å². The first kappa shape index (κ1) is 11.9. The SMILES string of the molecule is CCCS(=O)(=O)NCC1CCCC1N. The van der Waals surface area contributed by atoms with Gasteiger partial charge in [0.05, 0.1) is 5.75 Å². The third-order valence-corrected chi connectivity index (χ3v) is 4.31. The zero-order valence-corrected chi connectivity index (χ0v) is 9.52. The first-order chi connectivity index (χ1) is 6.55. The zero-order valence-electron chi connectivity index (χ0n) is 8.70. The minimum atomic E-state index is -3.05. The molecule has 0 aromatic carbocycles. The van der Waals surface area contributed by atoms with Crippen molar-refractivity contribution in [2.45, 2.75) is 38.6 Å². The first-order valence-corrected chi connectivity index (χ1v) is 6.93. The van der Waals surface area contributed by atoms with Crippen LogP contribution in [0, 0.1) is 5.92 Å². The van der Waals surface area contributed by atoms with Crippen LogP contribution in [0.25, 0.3) is 0 Å². The number of nitrogens with one attached hydrogen (secondary N) is 1. The van der Waals surface area contributed by atoms with Crippen LogP contribution in [0.2, 0.25) is 0 Å². The average Bonchev–Trinajstić information content (AvgIpc) is 2.48. The van der Waals surface area contributed by atoms with Gasteiger partial charge in [0.15, 0.2) is 0 Å². The second kappa shape index (κ2) is 5.09. The number of hydrogen-bond acceptors (Lipinski definition) is 3. The highest BCUT2D eigenvalue weighted by atomic mass is 32.2. The van der Waals surface area contributed by atoms with Crippen molar-refractivity contribution in [3.8, 4) is 0 Å². The van der Waals surface area contributed by atoms with E-state index in [0.717, 1.165) is 19.3 Å². The monoisotopic (exact) mass is 220 g/mol. The molecular weight excluding hydrogens is 200 g/mol. The Morgan fingerprint density at radius 3 is 2.64 bits per heavy atom. The van der Waals surface area contributed by atoms with Crippen LogP contribution in [0.15, 0.2) is 0 Å². The molecule has 14 heavy (non-hydrogen) atoms. The third-order valence-electron chi connectivity index (χ3n) is 2.76. The van der Waals surface area contributed by atoms with Crippen LogP contribution in [0.5, 0.6) is 0 Å². The molecule has 4 nitrogen and oxygen atoms in total. The minimum Gasteiger partial charge on any atom is -0.327 e. The summed E-state index contributed by atoms with van der Waals surface area (Å²) in [5.41, 5.74) is 5.85. The molecule has 2 atom stereocenters. The summed E-state index contributed by atoms with van der Waals surface area (Å²) in [6.07, 6.45) is 3.86. The third kappa shape index (κ3) is 3.55. The van der Waals surface area contributed by atoms with Gasteiger partial charge in [0, 0.05) is 12.6 Å². The van der Waals surface area contributed by atoms with Crippen molar-refractivity contribution in [1.82, 2.24) is 4.72 Å². The summed E-state index contributed by atoms with van der Waals surface area (Å²) in [6.45, 7) is 2.38. The number of sulfonamides is 1. The highest BCUT2D eigenvalue weighted by Crippen LogP contribution is 2.23. The lowest BCUT2D eigenvalue weighted by atomic mass is 10.1. The lowest BCUT2D eigenvalue weighted by Crippen LogP contribution is -2.36. The summed E-state index contributed by atoms with van der Waals surface area (Å²) >= 11 is 0. The second-order valence-electron chi connectivity index (χ2n) is 4.02. The van der Waals surface area contributed by atoms with Crippen molar-refractivity contribution in [3.05, 3.63) is 0 Å². The van der Waals surface area contributed by atoms with Crippen molar-refractivity contribution in [2.75, 3.05) is 12.3 Å². The van der Waals surface area contributed by atoms with E-state index in [1.807, 2.05) is 6.92 Å². The summed E-state index contributed by atoms with van der Waals surface area (Å²) in [6, 6.07) is 0.180. The van der Waals surface area contributed by atoms with Crippen molar-refractivity contribution in [3.63, 3.8) is 0 Å². The number of hydrogen-bond donors (Lipinski definition) is 2. The van der Waals surface area contributed by atoms with Crippen molar-refractivity contribution in [1.29, 1.82) is 0 Å². The normalized spacial score (nSPS) is 28.1. The summed E-state index contributed by atoms with van der Waals surface area (Å²) in [5, 5.41) is 0. The van der Waals surface area contributed by atoms with Gasteiger partial charge >= 0.3 is 0 Å². The van der Waals surface area contributed by atoms with Crippen molar-refractivity contribution >= 4 is 10.0 Å². The summed E-state index contributed by atoms with van der Waals surface area (Å²) in [5.74, 6) is 0.552. The first-order valence-electron chi connectivity index (χ1n) is 5.28. The molecule has 1 fully saturated rings. The van der Waals surface area contributed by atoms with E-state index in [4.69, 9.17) is 5.73 Å². The fourth-order valence-corrected chi connectivity index (χ4v) is 3.04. The fourth-order valence-electron chi connectivity index (χ4n) is 1.89. The summed E-state index contributed by atoms with van der Waals surface area (Å²) < 4.78 is 25.3. The Kier molecular flexibility index (Phi) is 4.34. The number of nitrogens with two attached hydrogens (primary N) is 1. The highest BCUT2D eigenvalue weighted by Gasteiger charge is 2.24. The Balaban J connectivity index is 2.32. The van der Waals surface area contributed by atoms with E-state index in [-0.39, 0.29) is 11.8 Å². The van der Waals surface area contributed by atoms with Gasteiger partial charge in [0.1, 0.15) is 0 Å². The molecule has 5 heteroatoms. The molecule has 0 spiro atoms. The lowest BCUT2D eigenvalue weighted by molar-refractivity contribution is 0.469. The molecule has 1 aliphatic rings. The number of rotatable bonds is 5. The summed E-state index contributed by atoms with van der Waals surface area (Å²) in [7, 11) is -3.05. The van der Waals surface area contributed by atoms with Crippen LogP contribution in [-0.4, -0.2) is 26.8 Å². The molecule has 0 aliphatic heterocycles. The van der Waals surface area contributed by atoms with E-state index in [1.165, 1.54) is 0 Å². The Bertz CT molecular complexity index is 264. The van der Waals surface area contributed by atoms with E-state index >= 15 is 0 Å². The van der Waals surface area contributed by atoms with E-state index in [9.17, 15) is 8.42 Å². The fraction of sp³-hybridized carbons (Fsp3) is 1.00. The van der Waals surface area contributed by atoms with Gasteiger partial charge in [-0.15, -0.1) is 0 Å². The molecule has 0 amide bonds. The van der Waals surface area contributed by atoms with Crippen LogP contribution in [0.1, 0.15) is 32.6 Å². The molecule has 0 bridgehead atoms. The predicted octanol–water partition coefficient (Wildman–Crippen LogP) is 0.443. The average molecular weight is 220 g/mol. The lowest BCUT2D eigenvalue weighted by Gasteiger charge is -2.15. The van der Waals surface area contributed by atoms with E-state index in [1.54, 1.807) is 0 Å². The maximum absolute atomic E-state index is 11.3. The van der Waals surface area contributed by atoms with Crippen LogP contribution in [0.4, 0.5) is 0 Å². The Morgan fingerprint density at radius 1 is 1.43 bits per heavy atom. The Morgan fingerprint density at radius 2 is 2.14 bits per heavy atom. The van der Waals surface area contributed by atoms with E-state index < -0.39 is 10.0 Å². The molecule has 0 radical (unpaired) electrons. The standard InChI is InChI=1S/C9H20N2O2S/c1-2-6-14(12,13)11-7-8-4-3-5-9(8)10/h8-9,11H,2-7,10H2,1H3. The predicted molar refractivity (Wildman–Crippen MR) is 57.4 cm³/mol. The highest BCUT2D eigenvalue weighted by molar-refractivity contribution is 7.89. The molecule has 0 heterocycles. The van der Waals surface area contributed by atoms with Gasteiger partial charge in [-0.3, -0.25) is 0 Å². The topological polar surface area (TPSA) is 72.2 Å². The molecule has 3 N–H and O–H groups in total. The molecular formula is C9H20N2O2S. The molecule has 2 unspecified atom stereocenters. The molecule has 0 aromatic rings. The zero-order chi connectivity index (χ0) is 10.6. The van der Waals surface area contributed by atoms with Crippen LogP contribution in [-0.2, 0) is 10.0 Å². The van der Waals surface area contributed by atoms with Crippen LogP contribution >= 0.6 is 0 Å².